The van der Waals surface area contributed by atoms with Crippen LogP contribution in [0, 0.1) is 5.92 Å². The van der Waals surface area contributed by atoms with E-state index < -0.39 is 0 Å². The van der Waals surface area contributed by atoms with Crippen molar-refractivity contribution in [2.75, 3.05) is 26.2 Å². The van der Waals surface area contributed by atoms with Gasteiger partial charge in [0.25, 0.3) is 0 Å². The minimum Gasteiger partial charge on any atom is -0.340 e. The molecule has 2 saturated heterocycles. The SMILES string of the molecule is CC(C)CC(=O)N1CCCCC1CCN1CCCC1. The molecule has 2 aliphatic heterocycles. The van der Waals surface area contributed by atoms with Crippen molar-refractivity contribution in [2.24, 2.45) is 5.92 Å². The Morgan fingerprint density at radius 3 is 2.47 bits per heavy atom. The van der Waals surface area contributed by atoms with E-state index in [1.807, 2.05) is 0 Å². The molecule has 0 radical (unpaired) electrons. The highest BCUT2D eigenvalue weighted by Crippen LogP contribution is 2.22. The molecule has 0 saturated carbocycles. The summed E-state index contributed by atoms with van der Waals surface area (Å²) in [5.41, 5.74) is 0. The first-order valence-electron chi connectivity index (χ1n) is 8.18. The van der Waals surface area contributed by atoms with E-state index in [-0.39, 0.29) is 0 Å². The van der Waals surface area contributed by atoms with Crippen LogP contribution >= 0.6 is 0 Å². The van der Waals surface area contributed by atoms with Gasteiger partial charge in [-0.2, -0.15) is 0 Å². The number of hydrogen-bond donors (Lipinski definition) is 0. The van der Waals surface area contributed by atoms with Gasteiger partial charge in [0, 0.05) is 25.6 Å². The molecule has 2 aliphatic rings. The zero-order valence-electron chi connectivity index (χ0n) is 12.7. The predicted molar refractivity (Wildman–Crippen MR) is 79.1 cm³/mol. The maximum atomic E-state index is 12.3. The molecule has 0 aromatic carbocycles. The van der Waals surface area contributed by atoms with Gasteiger partial charge in [0.2, 0.25) is 5.91 Å². The van der Waals surface area contributed by atoms with Crippen LogP contribution in [0.2, 0.25) is 0 Å². The summed E-state index contributed by atoms with van der Waals surface area (Å²) >= 11 is 0. The van der Waals surface area contributed by atoms with E-state index in [1.165, 1.54) is 58.2 Å². The van der Waals surface area contributed by atoms with E-state index in [0.29, 0.717) is 17.9 Å². The Balaban J connectivity index is 1.82. The molecule has 2 fully saturated rings. The summed E-state index contributed by atoms with van der Waals surface area (Å²) in [5.74, 6) is 0.870. The summed E-state index contributed by atoms with van der Waals surface area (Å²) in [7, 11) is 0. The lowest BCUT2D eigenvalue weighted by molar-refractivity contribution is -0.135. The molecule has 19 heavy (non-hydrogen) atoms. The molecule has 1 amide bonds. The number of hydrogen-bond acceptors (Lipinski definition) is 2. The van der Waals surface area contributed by atoms with Gasteiger partial charge < -0.3 is 9.80 Å². The normalized spacial score (nSPS) is 25.2. The van der Waals surface area contributed by atoms with Crippen LogP contribution in [-0.2, 0) is 4.79 Å². The van der Waals surface area contributed by atoms with Gasteiger partial charge in [-0.3, -0.25) is 4.79 Å². The van der Waals surface area contributed by atoms with Crippen molar-refractivity contribution in [3.05, 3.63) is 0 Å². The van der Waals surface area contributed by atoms with E-state index >= 15 is 0 Å². The first-order chi connectivity index (χ1) is 9.16. The molecular weight excluding hydrogens is 236 g/mol. The number of nitrogens with zero attached hydrogens (tertiary/aromatic N) is 2. The van der Waals surface area contributed by atoms with Gasteiger partial charge in [0.05, 0.1) is 0 Å². The van der Waals surface area contributed by atoms with Gasteiger partial charge in [-0.05, 0) is 57.5 Å². The van der Waals surface area contributed by atoms with Gasteiger partial charge in [-0.25, -0.2) is 0 Å². The quantitative estimate of drug-likeness (QED) is 0.764. The van der Waals surface area contributed by atoms with E-state index in [2.05, 4.69) is 23.6 Å². The molecule has 0 aromatic rings. The lowest BCUT2D eigenvalue weighted by atomic mass is 9.97. The Bertz CT molecular complexity index is 284. The minimum atomic E-state index is 0.390. The first kappa shape index (κ1) is 14.8. The van der Waals surface area contributed by atoms with Gasteiger partial charge in [0.1, 0.15) is 0 Å². The lowest BCUT2D eigenvalue weighted by Crippen LogP contribution is -2.45. The topological polar surface area (TPSA) is 23.6 Å². The maximum Gasteiger partial charge on any atom is 0.223 e. The Hall–Kier alpha value is -0.570. The molecule has 2 rings (SSSR count). The summed E-state index contributed by atoms with van der Waals surface area (Å²) in [5, 5.41) is 0. The summed E-state index contributed by atoms with van der Waals surface area (Å²) < 4.78 is 0. The second-order valence-electron chi connectivity index (χ2n) is 6.67. The summed E-state index contributed by atoms with van der Waals surface area (Å²) in [6, 6.07) is 0.514. The second-order valence-corrected chi connectivity index (χ2v) is 6.67. The molecule has 3 nitrogen and oxygen atoms in total. The first-order valence-corrected chi connectivity index (χ1v) is 8.18. The Morgan fingerprint density at radius 1 is 1.11 bits per heavy atom. The van der Waals surface area contributed by atoms with Crippen molar-refractivity contribution < 1.29 is 4.79 Å². The summed E-state index contributed by atoms with van der Waals surface area (Å²) in [4.78, 5) is 17.1. The van der Waals surface area contributed by atoms with Crippen molar-refractivity contribution in [2.45, 2.75) is 64.8 Å². The molecule has 0 N–H and O–H groups in total. The van der Waals surface area contributed by atoms with Crippen LogP contribution in [0.1, 0.15) is 58.8 Å². The largest absolute Gasteiger partial charge is 0.340 e. The fourth-order valence-corrected chi connectivity index (χ4v) is 3.43. The third-order valence-electron chi connectivity index (χ3n) is 4.51. The second kappa shape index (κ2) is 7.28. The lowest BCUT2D eigenvalue weighted by Gasteiger charge is -2.37. The number of amides is 1. The fraction of sp³-hybridized carbons (Fsp3) is 0.938. The summed E-state index contributed by atoms with van der Waals surface area (Å²) in [6.45, 7) is 9.01. The molecule has 1 atom stereocenters. The van der Waals surface area contributed by atoms with E-state index in [9.17, 15) is 4.79 Å². The number of carbonyl (C=O) groups is 1. The standard InChI is InChI=1S/C16H30N2O/c1-14(2)13-16(19)18-11-4-3-7-15(18)8-12-17-9-5-6-10-17/h14-15H,3-13H2,1-2H3. The fourth-order valence-electron chi connectivity index (χ4n) is 3.43. The maximum absolute atomic E-state index is 12.3. The molecule has 3 heteroatoms. The third-order valence-corrected chi connectivity index (χ3v) is 4.51. The summed E-state index contributed by atoms with van der Waals surface area (Å²) in [6.07, 6.45) is 8.35. The van der Waals surface area contributed by atoms with Crippen molar-refractivity contribution in [1.29, 1.82) is 0 Å². The van der Waals surface area contributed by atoms with E-state index in [1.54, 1.807) is 0 Å². The Labute approximate surface area is 118 Å². The van der Waals surface area contributed by atoms with Crippen LogP contribution in [0.5, 0.6) is 0 Å². The molecule has 0 spiro atoms. The average Bonchev–Trinajstić information content (AvgIpc) is 2.89. The third kappa shape index (κ3) is 4.48. The van der Waals surface area contributed by atoms with Gasteiger partial charge in [-0.15, -0.1) is 0 Å². The van der Waals surface area contributed by atoms with Gasteiger partial charge in [0.15, 0.2) is 0 Å². The predicted octanol–water partition coefficient (Wildman–Crippen LogP) is 2.90. The number of carbonyl (C=O) groups excluding carboxylic acids is 1. The molecule has 0 bridgehead atoms. The average molecular weight is 266 g/mol. The Morgan fingerprint density at radius 2 is 1.79 bits per heavy atom. The van der Waals surface area contributed by atoms with Crippen LogP contribution in [0.3, 0.4) is 0 Å². The molecule has 1 unspecified atom stereocenters. The van der Waals surface area contributed by atoms with Crippen LogP contribution in [0.25, 0.3) is 0 Å². The van der Waals surface area contributed by atoms with Crippen LogP contribution < -0.4 is 0 Å². The highest BCUT2D eigenvalue weighted by Gasteiger charge is 2.27. The number of likely N-dealkylation sites (tertiary alicyclic amines) is 2. The zero-order valence-corrected chi connectivity index (χ0v) is 12.7. The minimum absolute atomic E-state index is 0.390. The van der Waals surface area contributed by atoms with Crippen LogP contribution in [0.15, 0.2) is 0 Å². The molecule has 0 aliphatic carbocycles. The van der Waals surface area contributed by atoms with Gasteiger partial charge >= 0.3 is 0 Å². The molecular formula is C16H30N2O. The van der Waals surface area contributed by atoms with E-state index in [0.717, 1.165) is 13.0 Å². The van der Waals surface area contributed by atoms with Crippen molar-refractivity contribution >= 4 is 5.91 Å². The van der Waals surface area contributed by atoms with Crippen molar-refractivity contribution in [1.82, 2.24) is 9.80 Å². The van der Waals surface area contributed by atoms with Crippen molar-refractivity contribution in [3.63, 3.8) is 0 Å². The smallest absolute Gasteiger partial charge is 0.223 e. The van der Waals surface area contributed by atoms with E-state index in [4.69, 9.17) is 0 Å². The van der Waals surface area contributed by atoms with Gasteiger partial charge in [-0.1, -0.05) is 13.8 Å². The van der Waals surface area contributed by atoms with Crippen LogP contribution in [0.4, 0.5) is 0 Å². The monoisotopic (exact) mass is 266 g/mol. The van der Waals surface area contributed by atoms with Crippen LogP contribution in [-0.4, -0.2) is 47.9 Å². The molecule has 0 aromatic heterocycles. The highest BCUT2D eigenvalue weighted by molar-refractivity contribution is 5.76. The Kier molecular flexibility index (Phi) is 5.68. The highest BCUT2D eigenvalue weighted by atomic mass is 16.2. The zero-order chi connectivity index (χ0) is 13.7. The number of rotatable bonds is 5. The molecule has 110 valence electrons. The van der Waals surface area contributed by atoms with Crippen molar-refractivity contribution in [3.8, 4) is 0 Å². The molecule has 2 heterocycles. The number of piperidine rings is 1.